The summed E-state index contributed by atoms with van der Waals surface area (Å²) in [6.45, 7) is 2.00. The molecular formula is C15H14N4O2. The molecule has 0 unspecified atom stereocenters. The van der Waals surface area contributed by atoms with E-state index in [1.807, 2.05) is 37.3 Å². The van der Waals surface area contributed by atoms with Gasteiger partial charge in [0.15, 0.2) is 0 Å². The summed E-state index contributed by atoms with van der Waals surface area (Å²) in [6.07, 6.45) is 3.36. The number of hydrogen-bond acceptors (Lipinski definition) is 6. The van der Waals surface area contributed by atoms with E-state index in [4.69, 9.17) is 9.15 Å². The van der Waals surface area contributed by atoms with Gasteiger partial charge in [0.1, 0.15) is 5.75 Å². The van der Waals surface area contributed by atoms with E-state index < -0.39 is 0 Å². The summed E-state index contributed by atoms with van der Waals surface area (Å²) in [4.78, 5) is 4.03. The fourth-order valence-electron chi connectivity index (χ4n) is 1.91. The average Bonchev–Trinajstić information content (AvgIpc) is 2.97. The second-order valence-electron chi connectivity index (χ2n) is 4.48. The maximum Gasteiger partial charge on any atom is 0.320 e. The number of nitrogens with zero attached hydrogens (tertiary/aromatic N) is 3. The number of rotatable bonds is 4. The second kappa shape index (κ2) is 5.62. The Kier molecular flexibility index (Phi) is 3.51. The zero-order chi connectivity index (χ0) is 14.7. The Labute approximate surface area is 121 Å². The molecule has 0 saturated heterocycles. The Balaban J connectivity index is 1.87. The van der Waals surface area contributed by atoms with Crippen molar-refractivity contribution in [3.8, 4) is 17.2 Å². The van der Waals surface area contributed by atoms with Gasteiger partial charge in [0.2, 0.25) is 0 Å². The van der Waals surface area contributed by atoms with Gasteiger partial charge in [0, 0.05) is 12.4 Å². The van der Waals surface area contributed by atoms with E-state index in [2.05, 4.69) is 20.5 Å². The molecule has 0 radical (unpaired) electrons. The van der Waals surface area contributed by atoms with Gasteiger partial charge in [0.05, 0.1) is 18.4 Å². The lowest BCUT2D eigenvalue weighted by atomic mass is 10.2. The molecule has 2 aromatic heterocycles. The van der Waals surface area contributed by atoms with E-state index in [0.717, 1.165) is 16.8 Å². The van der Waals surface area contributed by atoms with Gasteiger partial charge < -0.3 is 14.5 Å². The molecule has 1 aromatic carbocycles. The number of methoxy groups -OCH3 is 1. The number of benzene rings is 1. The van der Waals surface area contributed by atoms with Gasteiger partial charge in [-0.1, -0.05) is 11.2 Å². The van der Waals surface area contributed by atoms with Crippen LogP contribution in [0.25, 0.3) is 11.5 Å². The summed E-state index contributed by atoms with van der Waals surface area (Å²) in [5.41, 5.74) is 2.65. The molecular weight excluding hydrogens is 268 g/mol. The number of pyridine rings is 1. The van der Waals surface area contributed by atoms with Crippen LogP contribution in [0.3, 0.4) is 0 Å². The van der Waals surface area contributed by atoms with Crippen LogP contribution in [0.15, 0.2) is 47.1 Å². The normalized spacial score (nSPS) is 10.4. The molecule has 0 fully saturated rings. The van der Waals surface area contributed by atoms with E-state index in [0.29, 0.717) is 17.7 Å². The summed E-state index contributed by atoms with van der Waals surface area (Å²) >= 11 is 0. The Hall–Kier alpha value is -2.89. The van der Waals surface area contributed by atoms with E-state index in [-0.39, 0.29) is 0 Å². The van der Waals surface area contributed by atoms with Gasteiger partial charge in [-0.3, -0.25) is 4.98 Å². The van der Waals surface area contributed by atoms with Crippen LogP contribution in [0.1, 0.15) is 5.56 Å². The number of aryl methyl sites for hydroxylation is 1. The topological polar surface area (TPSA) is 73.1 Å². The maximum absolute atomic E-state index is 5.58. The average molecular weight is 282 g/mol. The highest BCUT2D eigenvalue weighted by molar-refractivity contribution is 5.63. The second-order valence-corrected chi connectivity index (χ2v) is 4.48. The highest BCUT2D eigenvalue weighted by Crippen LogP contribution is 2.29. The summed E-state index contributed by atoms with van der Waals surface area (Å²) < 4.78 is 10.9. The molecule has 106 valence electrons. The van der Waals surface area contributed by atoms with Gasteiger partial charge in [-0.15, -0.1) is 5.10 Å². The molecule has 0 aliphatic carbocycles. The van der Waals surface area contributed by atoms with Crippen LogP contribution in [0, 0.1) is 6.92 Å². The standard InChI is InChI=1S/C15H14N4O2/c1-10-5-6-13(20-2)12(8-10)17-15-19-18-14(21-15)11-4-3-7-16-9-11/h3-9H,1-2H3,(H,17,19). The summed E-state index contributed by atoms with van der Waals surface area (Å²) in [5, 5.41) is 11.1. The monoisotopic (exact) mass is 282 g/mol. The molecule has 1 N–H and O–H groups in total. The van der Waals surface area contributed by atoms with Gasteiger partial charge in [-0.25, -0.2) is 0 Å². The zero-order valence-electron chi connectivity index (χ0n) is 11.7. The molecule has 6 nitrogen and oxygen atoms in total. The third-order valence-electron chi connectivity index (χ3n) is 2.93. The van der Waals surface area contributed by atoms with Crippen LogP contribution in [0.4, 0.5) is 11.7 Å². The Morgan fingerprint density at radius 2 is 2.10 bits per heavy atom. The van der Waals surface area contributed by atoms with Crippen molar-refractivity contribution in [3.05, 3.63) is 48.3 Å². The minimum absolute atomic E-state index is 0.303. The first-order chi connectivity index (χ1) is 10.3. The van der Waals surface area contributed by atoms with Crippen molar-refractivity contribution in [2.75, 3.05) is 12.4 Å². The molecule has 0 bridgehead atoms. The van der Waals surface area contributed by atoms with Crippen molar-refractivity contribution in [2.24, 2.45) is 0 Å². The molecule has 0 aliphatic heterocycles. The molecule has 0 saturated carbocycles. The Morgan fingerprint density at radius 1 is 1.19 bits per heavy atom. The van der Waals surface area contributed by atoms with Gasteiger partial charge >= 0.3 is 6.01 Å². The van der Waals surface area contributed by atoms with Crippen molar-refractivity contribution in [1.29, 1.82) is 0 Å². The lowest BCUT2D eigenvalue weighted by Crippen LogP contribution is -1.95. The summed E-state index contributed by atoms with van der Waals surface area (Å²) in [6, 6.07) is 9.79. The van der Waals surface area contributed by atoms with Crippen LogP contribution >= 0.6 is 0 Å². The van der Waals surface area contributed by atoms with Gasteiger partial charge in [-0.2, -0.15) is 0 Å². The molecule has 2 heterocycles. The SMILES string of the molecule is COc1ccc(C)cc1Nc1nnc(-c2cccnc2)o1. The smallest absolute Gasteiger partial charge is 0.320 e. The first kappa shape index (κ1) is 13.1. The largest absolute Gasteiger partial charge is 0.495 e. The predicted octanol–water partition coefficient (Wildman–Crippen LogP) is 3.19. The molecule has 0 spiro atoms. The number of nitrogens with one attached hydrogen (secondary N) is 1. The molecule has 0 atom stereocenters. The highest BCUT2D eigenvalue weighted by Gasteiger charge is 2.11. The van der Waals surface area contributed by atoms with Gasteiger partial charge in [-0.05, 0) is 36.8 Å². The van der Waals surface area contributed by atoms with Crippen LogP contribution in [0.5, 0.6) is 5.75 Å². The molecule has 21 heavy (non-hydrogen) atoms. The third kappa shape index (κ3) is 2.84. The number of hydrogen-bond donors (Lipinski definition) is 1. The minimum atomic E-state index is 0.303. The fourth-order valence-corrected chi connectivity index (χ4v) is 1.91. The maximum atomic E-state index is 5.58. The highest BCUT2D eigenvalue weighted by atomic mass is 16.5. The van der Waals surface area contributed by atoms with Crippen molar-refractivity contribution in [3.63, 3.8) is 0 Å². The quantitative estimate of drug-likeness (QED) is 0.792. The lowest BCUT2D eigenvalue weighted by Gasteiger charge is -2.08. The predicted molar refractivity (Wildman–Crippen MR) is 78.5 cm³/mol. The van der Waals surface area contributed by atoms with Crippen LogP contribution < -0.4 is 10.1 Å². The Morgan fingerprint density at radius 3 is 2.86 bits per heavy atom. The molecule has 0 amide bonds. The van der Waals surface area contributed by atoms with E-state index in [1.165, 1.54) is 0 Å². The first-order valence-corrected chi connectivity index (χ1v) is 6.42. The third-order valence-corrected chi connectivity index (χ3v) is 2.93. The van der Waals surface area contributed by atoms with E-state index >= 15 is 0 Å². The summed E-state index contributed by atoms with van der Waals surface area (Å²) in [5.74, 6) is 1.12. The zero-order valence-corrected chi connectivity index (χ0v) is 11.7. The molecule has 3 aromatic rings. The van der Waals surface area contributed by atoms with Crippen molar-refractivity contribution in [1.82, 2.24) is 15.2 Å². The Bertz CT molecular complexity index is 740. The number of anilines is 2. The van der Waals surface area contributed by atoms with Crippen LogP contribution in [-0.2, 0) is 0 Å². The van der Waals surface area contributed by atoms with Crippen molar-refractivity contribution < 1.29 is 9.15 Å². The van der Waals surface area contributed by atoms with Gasteiger partial charge in [0.25, 0.3) is 5.89 Å². The van der Waals surface area contributed by atoms with Crippen LogP contribution in [0.2, 0.25) is 0 Å². The minimum Gasteiger partial charge on any atom is -0.495 e. The summed E-state index contributed by atoms with van der Waals surface area (Å²) in [7, 11) is 1.62. The number of aromatic nitrogens is 3. The molecule has 0 aliphatic rings. The fraction of sp³-hybridized carbons (Fsp3) is 0.133. The lowest BCUT2D eigenvalue weighted by molar-refractivity contribution is 0.416. The number of ether oxygens (including phenoxy) is 1. The molecule has 6 heteroatoms. The van der Waals surface area contributed by atoms with Crippen molar-refractivity contribution >= 4 is 11.7 Å². The van der Waals surface area contributed by atoms with Crippen LogP contribution in [-0.4, -0.2) is 22.3 Å². The van der Waals surface area contributed by atoms with Crippen molar-refractivity contribution in [2.45, 2.75) is 6.92 Å². The van der Waals surface area contributed by atoms with E-state index in [9.17, 15) is 0 Å². The first-order valence-electron chi connectivity index (χ1n) is 6.42. The molecule has 3 rings (SSSR count). The van der Waals surface area contributed by atoms with E-state index in [1.54, 1.807) is 19.5 Å².